The predicted octanol–water partition coefficient (Wildman–Crippen LogP) is 4.79. The van der Waals surface area contributed by atoms with Crippen molar-refractivity contribution in [2.75, 3.05) is 0 Å². The van der Waals surface area contributed by atoms with E-state index in [1.807, 2.05) is 18.2 Å². The van der Waals surface area contributed by atoms with Crippen LogP contribution >= 0.6 is 0 Å². The highest BCUT2D eigenvalue weighted by Crippen LogP contribution is 2.60. The number of benzene rings is 2. The SMILES string of the molecule is CC(C)c1ccc2c(c1OCc1ccccc1)C(O)(C1C[C@H]1C)C2. The predicted molar refractivity (Wildman–Crippen MR) is 96.2 cm³/mol. The molecule has 2 heteroatoms. The van der Waals surface area contributed by atoms with Crippen LogP contribution in [0.3, 0.4) is 0 Å². The van der Waals surface area contributed by atoms with Crippen molar-refractivity contribution in [2.45, 2.75) is 51.7 Å². The second-order valence-corrected chi connectivity index (χ2v) is 7.87. The van der Waals surface area contributed by atoms with Gasteiger partial charge in [-0.05, 0) is 40.9 Å². The molecule has 0 radical (unpaired) electrons. The van der Waals surface area contributed by atoms with E-state index in [-0.39, 0.29) is 0 Å². The minimum Gasteiger partial charge on any atom is -0.488 e. The Morgan fingerprint density at radius 2 is 1.88 bits per heavy atom. The van der Waals surface area contributed by atoms with E-state index in [2.05, 4.69) is 45.0 Å². The summed E-state index contributed by atoms with van der Waals surface area (Å²) in [6.07, 6.45) is 1.90. The standard InChI is InChI=1S/C22H26O2/c1-14(2)18-10-9-17-12-22(23,19-11-15(19)3)20(17)21(18)24-13-16-7-5-4-6-8-16/h4-10,14-15,19,23H,11-13H2,1-3H3/t15-,19?,22?/m1/s1. The molecule has 0 spiro atoms. The summed E-state index contributed by atoms with van der Waals surface area (Å²) in [7, 11) is 0. The topological polar surface area (TPSA) is 29.5 Å². The molecule has 0 amide bonds. The van der Waals surface area contributed by atoms with E-state index in [0.717, 1.165) is 29.7 Å². The van der Waals surface area contributed by atoms with Crippen molar-refractivity contribution < 1.29 is 9.84 Å². The summed E-state index contributed by atoms with van der Waals surface area (Å²) < 4.78 is 6.30. The summed E-state index contributed by atoms with van der Waals surface area (Å²) >= 11 is 0. The van der Waals surface area contributed by atoms with Gasteiger partial charge < -0.3 is 9.84 Å². The lowest BCUT2D eigenvalue weighted by atomic mass is 9.68. The van der Waals surface area contributed by atoms with Crippen LogP contribution in [0.4, 0.5) is 0 Å². The first kappa shape index (κ1) is 15.7. The van der Waals surface area contributed by atoms with Crippen molar-refractivity contribution >= 4 is 0 Å². The molecule has 0 bridgehead atoms. The number of fused-ring (bicyclic) bond motifs is 1. The molecule has 126 valence electrons. The summed E-state index contributed by atoms with van der Waals surface area (Å²) in [6.45, 7) is 7.16. The lowest BCUT2D eigenvalue weighted by Crippen LogP contribution is -2.42. The second kappa shape index (κ2) is 5.63. The third kappa shape index (κ3) is 2.44. The number of hydrogen-bond acceptors (Lipinski definition) is 2. The van der Waals surface area contributed by atoms with Crippen LogP contribution in [-0.2, 0) is 18.6 Å². The zero-order valence-corrected chi connectivity index (χ0v) is 14.8. The fourth-order valence-electron chi connectivity index (χ4n) is 4.18. The molecule has 1 N–H and O–H groups in total. The van der Waals surface area contributed by atoms with Gasteiger partial charge in [0.2, 0.25) is 0 Å². The van der Waals surface area contributed by atoms with Crippen LogP contribution < -0.4 is 4.74 Å². The fraction of sp³-hybridized carbons (Fsp3) is 0.455. The Labute approximate surface area is 144 Å². The maximum Gasteiger partial charge on any atom is 0.129 e. The average molecular weight is 322 g/mol. The molecule has 0 saturated heterocycles. The number of aliphatic hydroxyl groups is 1. The van der Waals surface area contributed by atoms with Gasteiger partial charge in [-0.25, -0.2) is 0 Å². The third-order valence-electron chi connectivity index (χ3n) is 5.74. The van der Waals surface area contributed by atoms with Gasteiger partial charge in [0.25, 0.3) is 0 Å². The van der Waals surface area contributed by atoms with Gasteiger partial charge in [-0.1, -0.05) is 63.2 Å². The van der Waals surface area contributed by atoms with Crippen molar-refractivity contribution in [3.63, 3.8) is 0 Å². The summed E-state index contributed by atoms with van der Waals surface area (Å²) in [5.41, 5.74) is 4.01. The molecule has 2 aliphatic carbocycles. The van der Waals surface area contributed by atoms with E-state index in [1.54, 1.807) is 0 Å². The van der Waals surface area contributed by atoms with Crippen molar-refractivity contribution in [1.29, 1.82) is 0 Å². The van der Waals surface area contributed by atoms with Gasteiger partial charge >= 0.3 is 0 Å². The van der Waals surface area contributed by atoms with Gasteiger partial charge in [-0.2, -0.15) is 0 Å². The Hall–Kier alpha value is -1.80. The van der Waals surface area contributed by atoms with Gasteiger partial charge in [0.15, 0.2) is 0 Å². The van der Waals surface area contributed by atoms with Crippen molar-refractivity contribution in [3.8, 4) is 5.75 Å². The molecule has 0 aliphatic heterocycles. The molecule has 24 heavy (non-hydrogen) atoms. The van der Waals surface area contributed by atoms with Crippen molar-refractivity contribution in [1.82, 2.24) is 0 Å². The molecule has 0 heterocycles. The molecular formula is C22H26O2. The van der Waals surface area contributed by atoms with Gasteiger partial charge in [-0.3, -0.25) is 0 Å². The van der Waals surface area contributed by atoms with Gasteiger partial charge in [0, 0.05) is 12.0 Å². The lowest BCUT2D eigenvalue weighted by molar-refractivity contribution is -0.0181. The third-order valence-corrected chi connectivity index (χ3v) is 5.74. The quantitative estimate of drug-likeness (QED) is 0.857. The van der Waals surface area contributed by atoms with Gasteiger partial charge in [0.05, 0.1) is 0 Å². The smallest absolute Gasteiger partial charge is 0.129 e. The number of ether oxygens (including phenoxy) is 1. The molecule has 0 aromatic heterocycles. The normalized spacial score (nSPS) is 27.5. The van der Waals surface area contributed by atoms with E-state index in [0.29, 0.717) is 24.4 Å². The molecule has 2 unspecified atom stereocenters. The maximum atomic E-state index is 11.3. The first-order valence-electron chi connectivity index (χ1n) is 9.06. The van der Waals surface area contributed by atoms with Crippen molar-refractivity contribution in [2.24, 2.45) is 11.8 Å². The van der Waals surface area contributed by atoms with Crippen LogP contribution in [0, 0.1) is 11.8 Å². The Bertz CT molecular complexity index is 750. The Balaban J connectivity index is 1.70. The summed E-state index contributed by atoms with van der Waals surface area (Å²) in [4.78, 5) is 0. The first-order valence-corrected chi connectivity index (χ1v) is 9.06. The van der Waals surface area contributed by atoms with Gasteiger partial charge in [-0.15, -0.1) is 0 Å². The Morgan fingerprint density at radius 1 is 1.17 bits per heavy atom. The first-order chi connectivity index (χ1) is 11.5. The minimum atomic E-state index is -0.675. The van der Waals surface area contributed by atoms with E-state index < -0.39 is 5.60 Å². The number of hydrogen-bond donors (Lipinski definition) is 1. The van der Waals surface area contributed by atoms with Crippen LogP contribution in [0.1, 0.15) is 55.4 Å². The molecule has 2 aromatic rings. The summed E-state index contributed by atoms with van der Waals surface area (Å²) in [6, 6.07) is 14.6. The Kier molecular flexibility index (Phi) is 3.69. The van der Waals surface area contributed by atoms with E-state index in [1.165, 1.54) is 11.1 Å². The molecule has 3 atom stereocenters. The fourth-order valence-corrected chi connectivity index (χ4v) is 4.18. The van der Waals surface area contributed by atoms with Crippen LogP contribution in [0.5, 0.6) is 5.75 Å². The van der Waals surface area contributed by atoms with Crippen molar-refractivity contribution in [3.05, 3.63) is 64.7 Å². The van der Waals surface area contributed by atoms with E-state index >= 15 is 0 Å². The zero-order chi connectivity index (χ0) is 16.9. The monoisotopic (exact) mass is 322 g/mol. The van der Waals surface area contributed by atoms with Crippen LogP contribution in [0.25, 0.3) is 0 Å². The van der Waals surface area contributed by atoms with Crippen LogP contribution in [0.2, 0.25) is 0 Å². The van der Waals surface area contributed by atoms with Gasteiger partial charge in [0.1, 0.15) is 18.0 Å². The van der Waals surface area contributed by atoms with Crippen LogP contribution in [0.15, 0.2) is 42.5 Å². The zero-order valence-electron chi connectivity index (χ0n) is 14.8. The van der Waals surface area contributed by atoms with Crippen LogP contribution in [-0.4, -0.2) is 5.11 Å². The highest BCUT2D eigenvalue weighted by atomic mass is 16.5. The molecule has 2 aliphatic rings. The molecule has 1 fully saturated rings. The number of rotatable bonds is 5. The van der Waals surface area contributed by atoms with E-state index in [4.69, 9.17) is 4.74 Å². The molecular weight excluding hydrogens is 296 g/mol. The minimum absolute atomic E-state index is 0.377. The van der Waals surface area contributed by atoms with E-state index in [9.17, 15) is 5.11 Å². The Morgan fingerprint density at radius 3 is 2.50 bits per heavy atom. The molecule has 2 nitrogen and oxygen atoms in total. The average Bonchev–Trinajstić information content (AvgIpc) is 3.29. The highest BCUT2D eigenvalue weighted by molar-refractivity contribution is 5.58. The molecule has 4 rings (SSSR count). The summed E-state index contributed by atoms with van der Waals surface area (Å²) in [5, 5.41) is 11.3. The maximum absolute atomic E-state index is 11.3. The lowest BCUT2D eigenvalue weighted by Gasteiger charge is -2.42. The molecule has 1 saturated carbocycles. The largest absolute Gasteiger partial charge is 0.488 e. The molecule has 2 aromatic carbocycles. The summed E-state index contributed by atoms with van der Waals surface area (Å²) in [5.74, 6) is 2.32. The highest BCUT2D eigenvalue weighted by Gasteiger charge is 2.57. The second-order valence-electron chi connectivity index (χ2n) is 7.87.